The van der Waals surface area contributed by atoms with E-state index in [1.165, 1.54) is 0 Å². The van der Waals surface area contributed by atoms with E-state index in [0.717, 1.165) is 25.9 Å². The van der Waals surface area contributed by atoms with Crippen molar-refractivity contribution in [3.8, 4) is 0 Å². The third-order valence-corrected chi connectivity index (χ3v) is 3.95. The van der Waals surface area contributed by atoms with Crippen LogP contribution in [0.1, 0.15) is 19.8 Å². The second-order valence-electron chi connectivity index (χ2n) is 5.32. The van der Waals surface area contributed by atoms with Gasteiger partial charge in [0.05, 0.1) is 17.1 Å². The topological polar surface area (TPSA) is 67.6 Å². The van der Waals surface area contributed by atoms with Crippen LogP contribution in [0.2, 0.25) is 0 Å². The Balaban J connectivity index is 1.96. The molecular weight excluding hydrogens is 258 g/mol. The Morgan fingerprint density at radius 1 is 1.40 bits per heavy atom. The highest BCUT2D eigenvalue weighted by molar-refractivity contribution is 5.77. The molecule has 20 heavy (non-hydrogen) atoms. The Labute approximate surface area is 117 Å². The number of hydrogen-bond acceptors (Lipinski definition) is 5. The lowest BCUT2D eigenvalue weighted by Crippen LogP contribution is -2.42. The van der Waals surface area contributed by atoms with Gasteiger partial charge < -0.3 is 15.0 Å². The van der Waals surface area contributed by atoms with Crippen molar-refractivity contribution in [1.82, 2.24) is 0 Å². The molecule has 1 N–H and O–H groups in total. The van der Waals surface area contributed by atoms with Gasteiger partial charge in [-0.1, -0.05) is 6.07 Å². The van der Waals surface area contributed by atoms with Gasteiger partial charge in [0.25, 0.3) is 0 Å². The van der Waals surface area contributed by atoms with E-state index in [-0.39, 0.29) is 22.8 Å². The minimum atomic E-state index is -0.287. The van der Waals surface area contributed by atoms with Gasteiger partial charge in [-0.2, -0.15) is 0 Å². The zero-order chi connectivity index (χ0) is 14.1. The fourth-order valence-electron chi connectivity index (χ4n) is 3.12. The second kappa shape index (κ2) is 5.28. The Kier molecular flexibility index (Phi) is 3.48. The van der Waals surface area contributed by atoms with E-state index in [0.29, 0.717) is 17.9 Å². The summed E-state index contributed by atoms with van der Waals surface area (Å²) < 4.78 is 5.80. The third-order valence-electron chi connectivity index (χ3n) is 3.95. The third kappa shape index (κ3) is 2.31. The number of morpholine rings is 1. The van der Waals surface area contributed by atoms with Crippen molar-refractivity contribution in [3.63, 3.8) is 0 Å². The average molecular weight is 277 g/mol. The summed E-state index contributed by atoms with van der Waals surface area (Å²) in [5, 5.41) is 14.5. The van der Waals surface area contributed by atoms with Gasteiger partial charge in [0.1, 0.15) is 11.4 Å². The number of rotatable bonds is 4. The van der Waals surface area contributed by atoms with Crippen molar-refractivity contribution in [3.05, 3.63) is 28.3 Å². The first-order valence-corrected chi connectivity index (χ1v) is 7.10. The Hall–Kier alpha value is -1.82. The number of nitrogens with one attached hydrogen (secondary N) is 1. The van der Waals surface area contributed by atoms with Gasteiger partial charge in [0.2, 0.25) is 0 Å². The first-order chi connectivity index (χ1) is 9.69. The summed E-state index contributed by atoms with van der Waals surface area (Å²) in [6.07, 6.45) is 2.55. The second-order valence-corrected chi connectivity index (χ2v) is 5.32. The summed E-state index contributed by atoms with van der Waals surface area (Å²) in [4.78, 5) is 13.3. The van der Waals surface area contributed by atoms with Crippen molar-refractivity contribution < 1.29 is 9.66 Å². The molecule has 2 aliphatic heterocycles. The van der Waals surface area contributed by atoms with Crippen LogP contribution in [0.5, 0.6) is 0 Å². The quantitative estimate of drug-likeness (QED) is 0.676. The molecule has 1 aromatic carbocycles. The monoisotopic (exact) mass is 277 g/mol. The molecule has 0 amide bonds. The van der Waals surface area contributed by atoms with E-state index in [2.05, 4.69) is 10.2 Å². The van der Waals surface area contributed by atoms with Crippen LogP contribution in [0.4, 0.5) is 17.1 Å². The molecule has 6 heteroatoms. The number of nitrogens with zero attached hydrogens (tertiary/aromatic N) is 2. The standard InChI is InChI=1S/C14H19N3O3/c1-2-15-12-4-3-5-13(14(12)17(18)19)16-8-10-6-7-11(9-16)20-10/h3-5,10-11,15H,2,6-9H2,1H3. The molecule has 108 valence electrons. The molecular formula is C14H19N3O3. The van der Waals surface area contributed by atoms with Crippen molar-refractivity contribution in [1.29, 1.82) is 0 Å². The maximum absolute atomic E-state index is 11.4. The number of anilines is 2. The van der Waals surface area contributed by atoms with Crippen LogP contribution in [-0.4, -0.2) is 36.8 Å². The largest absolute Gasteiger partial charge is 0.380 e. The van der Waals surface area contributed by atoms with E-state index >= 15 is 0 Å². The zero-order valence-electron chi connectivity index (χ0n) is 11.5. The van der Waals surface area contributed by atoms with Gasteiger partial charge in [-0.3, -0.25) is 10.1 Å². The van der Waals surface area contributed by atoms with E-state index in [9.17, 15) is 10.1 Å². The van der Waals surface area contributed by atoms with Crippen LogP contribution in [0.15, 0.2) is 18.2 Å². The molecule has 2 heterocycles. The maximum Gasteiger partial charge on any atom is 0.315 e. The van der Waals surface area contributed by atoms with E-state index in [1.807, 2.05) is 19.1 Å². The van der Waals surface area contributed by atoms with Gasteiger partial charge in [0.15, 0.2) is 0 Å². The lowest BCUT2D eigenvalue weighted by atomic mass is 10.2. The minimum Gasteiger partial charge on any atom is -0.380 e. The van der Waals surface area contributed by atoms with Crippen molar-refractivity contribution in [2.75, 3.05) is 29.9 Å². The highest BCUT2D eigenvalue weighted by Crippen LogP contribution is 2.38. The lowest BCUT2D eigenvalue weighted by molar-refractivity contribution is -0.383. The van der Waals surface area contributed by atoms with Gasteiger partial charge in [-0.05, 0) is 31.9 Å². The van der Waals surface area contributed by atoms with Crippen LogP contribution in [0.3, 0.4) is 0 Å². The number of hydrogen-bond donors (Lipinski definition) is 1. The summed E-state index contributed by atoms with van der Waals surface area (Å²) in [5.74, 6) is 0. The molecule has 0 aliphatic carbocycles. The van der Waals surface area contributed by atoms with E-state index in [1.54, 1.807) is 6.07 Å². The molecule has 0 aromatic heterocycles. The smallest absolute Gasteiger partial charge is 0.315 e. The normalized spacial score (nSPS) is 24.8. The zero-order valence-corrected chi connectivity index (χ0v) is 11.5. The average Bonchev–Trinajstić information content (AvgIpc) is 2.77. The molecule has 2 unspecified atom stereocenters. The van der Waals surface area contributed by atoms with Gasteiger partial charge in [0, 0.05) is 19.6 Å². The summed E-state index contributed by atoms with van der Waals surface area (Å²) in [6.45, 7) is 4.09. The van der Waals surface area contributed by atoms with Crippen molar-refractivity contribution in [2.24, 2.45) is 0 Å². The minimum absolute atomic E-state index is 0.177. The first-order valence-electron chi connectivity index (χ1n) is 7.10. The summed E-state index contributed by atoms with van der Waals surface area (Å²) in [6, 6.07) is 5.47. The molecule has 2 atom stereocenters. The number of nitro benzene ring substituents is 1. The molecule has 0 saturated carbocycles. The molecule has 0 radical (unpaired) electrons. The molecule has 2 fully saturated rings. The Morgan fingerprint density at radius 3 is 2.70 bits per heavy atom. The predicted molar refractivity (Wildman–Crippen MR) is 77.4 cm³/mol. The fraction of sp³-hybridized carbons (Fsp3) is 0.571. The molecule has 0 spiro atoms. The highest BCUT2D eigenvalue weighted by atomic mass is 16.6. The van der Waals surface area contributed by atoms with E-state index < -0.39 is 0 Å². The molecule has 2 bridgehead atoms. The van der Waals surface area contributed by atoms with Crippen LogP contribution in [0, 0.1) is 10.1 Å². The molecule has 2 aliphatic rings. The summed E-state index contributed by atoms with van der Waals surface area (Å²) in [7, 11) is 0. The maximum atomic E-state index is 11.4. The van der Waals surface area contributed by atoms with Crippen molar-refractivity contribution >= 4 is 17.1 Å². The number of fused-ring (bicyclic) bond motifs is 2. The van der Waals surface area contributed by atoms with Gasteiger partial charge >= 0.3 is 5.69 Å². The Morgan fingerprint density at radius 2 is 2.10 bits per heavy atom. The predicted octanol–water partition coefficient (Wildman–Crippen LogP) is 2.39. The Bertz CT molecular complexity index is 508. The number of benzene rings is 1. The lowest BCUT2D eigenvalue weighted by Gasteiger charge is -2.33. The number of nitro groups is 1. The highest BCUT2D eigenvalue weighted by Gasteiger charge is 2.36. The van der Waals surface area contributed by atoms with Gasteiger partial charge in [-0.15, -0.1) is 0 Å². The molecule has 6 nitrogen and oxygen atoms in total. The van der Waals surface area contributed by atoms with Crippen LogP contribution in [-0.2, 0) is 4.74 Å². The molecule has 1 aromatic rings. The fourth-order valence-corrected chi connectivity index (χ4v) is 3.12. The van der Waals surface area contributed by atoms with Crippen LogP contribution in [0.25, 0.3) is 0 Å². The van der Waals surface area contributed by atoms with Crippen molar-refractivity contribution in [2.45, 2.75) is 32.0 Å². The van der Waals surface area contributed by atoms with Crippen LogP contribution >= 0.6 is 0 Å². The van der Waals surface area contributed by atoms with Crippen LogP contribution < -0.4 is 10.2 Å². The first kappa shape index (κ1) is 13.2. The summed E-state index contributed by atoms with van der Waals surface area (Å²) in [5.41, 5.74) is 1.47. The number of para-hydroxylation sites is 1. The number of ether oxygens (including phenoxy) is 1. The van der Waals surface area contributed by atoms with Gasteiger partial charge in [-0.25, -0.2) is 0 Å². The SMILES string of the molecule is CCNc1cccc(N2CC3CCC(C2)O3)c1[N+](=O)[O-]. The van der Waals surface area contributed by atoms with E-state index in [4.69, 9.17) is 4.74 Å². The summed E-state index contributed by atoms with van der Waals surface area (Å²) >= 11 is 0. The molecule has 3 rings (SSSR count). The molecule has 2 saturated heterocycles.